The molecule has 2 nitrogen and oxygen atoms in total. The highest BCUT2D eigenvalue weighted by Crippen LogP contribution is 2.56. The van der Waals surface area contributed by atoms with E-state index in [-0.39, 0.29) is 11.4 Å². The number of carbonyl (C=O) groups is 1. The van der Waals surface area contributed by atoms with Gasteiger partial charge >= 0.3 is 5.97 Å². The number of carbonyl (C=O) groups excluding carboxylic acids is 1. The second-order valence-electron chi connectivity index (χ2n) is 6.61. The lowest BCUT2D eigenvalue weighted by Gasteiger charge is -2.30. The average Bonchev–Trinajstić information content (AvgIpc) is 3.16. The SMILES string of the molecule is O=C1OC(c2ccccc2)(c2ccccc2)CC12CCCC2. The van der Waals surface area contributed by atoms with Crippen molar-refractivity contribution in [3.8, 4) is 0 Å². The lowest BCUT2D eigenvalue weighted by molar-refractivity contribution is -0.152. The van der Waals surface area contributed by atoms with E-state index in [1.54, 1.807) is 0 Å². The molecule has 22 heavy (non-hydrogen) atoms. The quantitative estimate of drug-likeness (QED) is 0.765. The third-order valence-corrected chi connectivity index (χ3v) is 5.33. The van der Waals surface area contributed by atoms with Gasteiger partial charge in [-0.3, -0.25) is 4.79 Å². The first kappa shape index (κ1) is 13.6. The van der Waals surface area contributed by atoms with Crippen LogP contribution in [0.2, 0.25) is 0 Å². The molecule has 4 rings (SSSR count). The smallest absolute Gasteiger partial charge is 0.313 e. The van der Waals surface area contributed by atoms with Gasteiger partial charge in [0.05, 0.1) is 5.41 Å². The Hall–Kier alpha value is -2.09. The Balaban J connectivity index is 1.87. The molecule has 1 saturated heterocycles. The molecule has 1 aliphatic heterocycles. The summed E-state index contributed by atoms with van der Waals surface area (Å²) in [5, 5.41) is 0. The van der Waals surface area contributed by atoms with Crippen molar-refractivity contribution in [2.75, 3.05) is 0 Å². The minimum Gasteiger partial charge on any atom is -0.449 e. The fraction of sp³-hybridized carbons (Fsp3) is 0.350. The van der Waals surface area contributed by atoms with Crippen LogP contribution in [0.3, 0.4) is 0 Å². The fourth-order valence-electron chi connectivity index (χ4n) is 4.19. The standard InChI is InChI=1S/C20H20O2/c21-18-19(13-7-8-14-19)15-20(22-18,16-9-3-1-4-10-16)17-11-5-2-6-12-17/h1-6,9-12H,7-8,13-15H2. The third-order valence-electron chi connectivity index (χ3n) is 5.33. The second-order valence-corrected chi connectivity index (χ2v) is 6.61. The van der Waals surface area contributed by atoms with Gasteiger partial charge < -0.3 is 4.74 Å². The van der Waals surface area contributed by atoms with E-state index in [0.717, 1.165) is 43.2 Å². The van der Waals surface area contributed by atoms with Gasteiger partial charge in [-0.15, -0.1) is 0 Å². The van der Waals surface area contributed by atoms with Crippen molar-refractivity contribution in [2.24, 2.45) is 5.41 Å². The van der Waals surface area contributed by atoms with Gasteiger partial charge in [-0.1, -0.05) is 73.5 Å². The number of hydrogen-bond donors (Lipinski definition) is 0. The van der Waals surface area contributed by atoms with Gasteiger partial charge in [-0.25, -0.2) is 0 Å². The van der Waals surface area contributed by atoms with Gasteiger partial charge in [0.1, 0.15) is 0 Å². The number of ether oxygens (including phenoxy) is 1. The van der Waals surface area contributed by atoms with E-state index in [2.05, 4.69) is 24.3 Å². The molecule has 2 fully saturated rings. The monoisotopic (exact) mass is 292 g/mol. The summed E-state index contributed by atoms with van der Waals surface area (Å²) in [5.74, 6) is -0.00212. The zero-order valence-electron chi connectivity index (χ0n) is 12.6. The highest BCUT2D eigenvalue weighted by molar-refractivity contribution is 5.81. The summed E-state index contributed by atoms with van der Waals surface area (Å²) in [7, 11) is 0. The molecule has 1 aliphatic carbocycles. The molecule has 112 valence electrons. The van der Waals surface area contributed by atoms with Crippen LogP contribution in [-0.4, -0.2) is 5.97 Å². The van der Waals surface area contributed by atoms with Crippen molar-refractivity contribution < 1.29 is 9.53 Å². The third kappa shape index (κ3) is 1.90. The van der Waals surface area contributed by atoms with E-state index >= 15 is 0 Å². The summed E-state index contributed by atoms with van der Waals surface area (Å²) in [5.41, 5.74) is 1.27. The fourth-order valence-corrected chi connectivity index (χ4v) is 4.19. The molecule has 0 amide bonds. The van der Waals surface area contributed by atoms with Crippen LogP contribution in [0.15, 0.2) is 60.7 Å². The van der Waals surface area contributed by atoms with Gasteiger partial charge in [-0.2, -0.15) is 0 Å². The zero-order chi connectivity index (χ0) is 15.0. The molecule has 0 bridgehead atoms. The van der Waals surface area contributed by atoms with Gasteiger partial charge in [0.15, 0.2) is 5.60 Å². The first-order valence-electron chi connectivity index (χ1n) is 8.10. The Labute approximate surface area is 131 Å². The van der Waals surface area contributed by atoms with Crippen LogP contribution in [0.25, 0.3) is 0 Å². The largest absolute Gasteiger partial charge is 0.449 e. The number of cyclic esters (lactones) is 1. The number of hydrogen-bond acceptors (Lipinski definition) is 2. The Morgan fingerprint density at radius 1 is 0.773 bits per heavy atom. The van der Waals surface area contributed by atoms with Crippen LogP contribution in [0.5, 0.6) is 0 Å². The predicted molar refractivity (Wildman–Crippen MR) is 85.3 cm³/mol. The van der Waals surface area contributed by atoms with E-state index in [9.17, 15) is 4.79 Å². The van der Waals surface area contributed by atoms with E-state index < -0.39 is 5.60 Å². The maximum Gasteiger partial charge on any atom is 0.313 e. The highest BCUT2D eigenvalue weighted by atomic mass is 16.6. The van der Waals surface area contributed by atoms with Crippen molar-refractivity contribution in [2.45, 2.75) is 37.7 Å². The lowest BCUT2D eigenvalue weighted by atomic mass is 9.74. The molecule has 0 radical (unpaired) electrons. The molecular weight excluding hydrogens is 272 g/mol. The minimum absolute atomic E-state index is 0.00212. The molecule has 0 atom stereocenters. The Morgan fingerprint density at radius 2 is 1.27 bits per heavy atom. The topological polar surface area (TPSA) is 26.3 Å². The first-order chi connectivity index (χ1) is 10.8. The summed E-state index contributed by atoms with van der Waals surface area (Å²) in [6.45, 7) is 0. The van der Waals surface area contributed by atoms with Crippen LogP contribution in [0.1, 0.15) is 43.2 Å². The van der Waals surface area contributed by atoms with Gasteiger partial charge in [0.2, 0.25) is 0 Å². The van der Waals surface area contributed by atoms with Crippen molar-refractivity contribution in [3.63, 3.8) is 0 Å². The maximum atomic E-state index is 12.7. The first-order valence-corrected chi connectivity index (χ1v) is 8.10. The van der Waals surface area contributed by atoms with Crippen LogP contribution in [-0.2, 0) is 15.1 Å². The maximum absolute atomic E-state index is 12.7. The number of esters is 1. The van der Waals surface area contributed by atoms with Crippen LogP contribution in [0, 0.1) is 5.41 Å². The van der Waals surface area contributed by atoms with E-state index in [1.807, 2.05) is 36.4 Å². The molecule has 0 aromatic heterocycles. The van der Waals surface area contributed by atoms with Gasteiger partial charge in [0, 0.05) is 17.5 Å². The predicted octanol–water partition coefficient (Wildman–Crippen LogP) is 4.44. The molecule has 1 saturated carbocycles. The average molecular weight is 292 g/mol. The molecule has 1 spiro atoms. The molecular formula is C20H20O2. The molecule has 2 aromatic carbocycles. The number of rotatable bonds is 2. The highest BCUT2D eigenvalue weighted by Gasteiger charge is 2.58. The number of benzene rings is 2. The molecule has 1 heterocycles. The molecule has 0 unspecified atom stereocenters. The van der Waals surface area contributed by atoms with E-state index in [1.165, 1.54) is 0 Å². The van der Waals surface area contributed by atoms with Crippen molar-refractivity contribution in [3.05, 3.63) is 71.8 Å². The zero-order valence-corrected chi connectivity index (χ0v) is 12.6. The van der Waals surface area contributed by atoms with Crippen LogP contribution in [0.4, 0.5) is 0 Å². The molecule has 0 N–H and O–H groups in total. The van der Waals surface area contributed by atoms with Crippen molar-refractivity contribution >= 4 is 5.97 Å². The summed E-state index contributed by atoms with van der Waals surface area (Å²) in [4.78, 5) is 12.7. The lowest BCUT2D eigenvalue weighted by Crippen LogP contribution is -2.28. The summed E-state index contributed by atoms with van der Waals surface area (Å²) in [6.07, 6.45) is 4.97. The van der Waals surface area contributed by atoms with Gasteiger partial charge in [-0.05, 0) is 12.8 Å². The van der Waals surface area contributed by atoms with E-state index in [0.29, 0.717) is 0 Å². The van der Waals surface area contributed by atoms with Crippen LogP contribution < -0.4 is 0 Å². The molecule has 2 aromatic rings. The Bertz CT molecular complexity index is 630. The molecule has 2 heteroatoms. The van der Waals surface area contributed by atoms with Gasteiger partial charge in [0.25, 0.3) is 0 Å². The molecule has 2 aliphatic rings. The Kier molecular flexibility index (Phi) is 3.07. The normalized spacial score (nSPS) is 21.9. The van der Waals surface area contributed by atoms with Crippen molar-refractivity contribution in [1.29, 1.82) is 0 Å². The minimum atomic E-state index is -0.621. The summed E-state index contributed by atoms with van der Waals surface area (Å²) in [6, 6.07) is 20.4. The van der Waals surface area contributed by atoms with E-state index in [4.69, 9.17) is 4.74 Å². The second kappa shape index (κ2) is 4.98. The Morgan fingerprint density at radius 3 is 1.77 bits per heavy atom. The van der Waals surface area contributed by atoms with Crippen molar-refractivity contribution in [1.82, 2.24) is 0 Å². The summed E-state index contributed by atoms with van der Waals surface area (Å²) >= 11 is 0. The summed E-state index contributed by atoms with van der Waals surface area (Å²) < 4.78 is 6.12. The van der Waals surface area contributed by atoms with Crippen LogP contribution >= 0.6 is 0 Å².